The van der Waals surface area contributed by atoms with Crippen LogP contribution in [-0.4, -0.2) is 5.11 Å². The fourth-order valence-corrected chi connectivity index (χ4v) is 1.19. The van der Waals surface area contributed by atoms with Crippen molar-refractivity contribution >= 4 is 0 Å². The molecule has 0 aliphatic rings. The summed E-state index contributed by atoms with van der Waals surface area (Å²) >= 11 is 0. The van der Waals surface area contributed by atoms with E-state index in [1.54, 1.807) is 0 Å². The SMILES string of the molecule is Oc1ccc(Oc2ccc(F)c(F)c2)cc1. The zero-order chi connectivity index (χ0) is 11.5. The molecule has 4 heteroatoms. The summed E-state index contributed by atoms with van der Waals surface area (Å²) in [4.78, 5) is 0. The highest BCUT2D eigenvalue weighted by molar-refractivity contribution is 5.34. The van der Waals surface area contributed by atoms with Gasteiger partial charge in [-0.3, -0.25) is 0 Å². The second-order valence-electron chi connectivity index (χ2n) is 3.17. The molecule has 0 heterocycles. The number of phenolic OH excluding ortho intramolecular Hbond substituents is 1. The number of hydrogen-bond donors (Lipinski definition) is 1. The number of benzene rings is 2. The summed E-state index contributed by atoms with van der Waals surface area (Å²) in [5, 5.41) is 9.04. The van der Waals surface area contributed by atoms with Gasteiger partial charge in [0.1, 0.15) is 17.2 Å². The predicted octanol–water partition coefficient (Wildman–Crippen LogP) is 3.46. The highest BCUT2D eigenvalue weighted by atomic mass is 19.2. The summed E-state index contributed by atoms with van der Waals surface area (Å²) in [6.45, 7) is 0. The summed E-state index contributed by atoms with van der Waals surface area (Å²) in [7, 11) is 0. The van der Waals surface area contributed by atoms with E-state index in [0.717, 1.165) is 12.1 Å². The van der Waals surface area contributed by atoms with Crippen LogP contribution in [0.1, 0.15) is 0 Å². The number of aromatic hydroxyl groups is 1. The lowest BCUT2D eigenvalue weighted by atomic mass is 10.3. The third-order valence-electron chi connectivity index (χ3n) is 1.96. The zero-order valence-electron chi connectivity index (χ0n) is 8.15. The van der Waals surface area contributed by atoms with E-state index in [1.807, 2.05) is 0 Å². The smallest absolute Gasteiger partial charge is 0.162 e. The Bertz CT molecular complexity index is 495. The maximum Gasteiger partial charge on any atom is 0.162 e. The molecule has 0 atom stereocenters. The van der Waals surface area contributed by atoms with Crippen molar-refractivity contribution in [3.8, 4) is 17.2 Å². The van der Waals surface area contributed by atoms with Crippen LogP contribution in [0, 0.1) is 11.6 Å². The molecule has 1 N–H and O–H groups in total. The highest BCUT2D eigenvalue weighted by Gasteiger charge is 2.04. The van der Waals surface area contributed by atoms with Crippen LogP contribution in [0.25, 0.3) is 0 Å². The molecule has 0 fully saturated rings. The Hall–Kier alpha value is -2.10. The summed E-state index contributed by atoms with van der Waals surface area (Å²) < 4.78 is 30.7. The van der Waals surface area contributed by atoms with Crippen molar-refractivity contribution in [1.29, 1.82) is 0 Å². The van der Waals surface area contributed by atoms with Crippen LogP contribution in [-0.2, 0) is 0 Å². The van der Waals surface area contributed by atoms with Gasteiger partial charge < -0.3 is 9.84 Å². The van der Waals surface area contributed by atoms with Gasteiger partial charge in [0, 0.05) is 6.07 Å². The van der Waals surface area contributed by atoms with Gasteiger partial charge >= 0.3 is 0 Å². The van der Waals surface area contributed by atoms with Gasteiger partial charge in [-0.25, -0.2) is 8.78 Å². The molecule has 0 unspecified atom stereocenters. The summed E-state index contributed by atoms with van der Waals surface area (Å²) in [5.74, 6) is -1.14. The molecule has 2 nitrogen and oxygen atoms in total. The van der Waals surface area contributed by atoms with Crippen LogP contribution in [0.4, 0.5) is 8.78 Å². The van der Waals surface area contributed by atoms with E-state index in [4.69, 9.17) is 9.84 Å². The van der Waals surface area contributed by atoms with Crippen molar-refractivity contribution < 1.29 is 18.6 Å². The van der Waals surface area contributed by atoms with Crippen LogP contribution in [0.15, 0.2) is 42.5 Å². The molecule has 2 rings (SSSR count). The second kappa shape index (κ2) is 4.18. The van der Waals surface area contributed by atoms with Crippen molar-refractivity contribution in [2.24, 2.45) is 0 Å². The average Bonchev–Trinajstić information content (AvgIpc) is 2.27. The Morgan fingerprint density at radius 2 is 1.44 bits per heavy atom. The molecule has 0 spiro atoms. The van der Waals surface area contributed by atoms with Crippen molar-refractivity contribution in [2.45, 2.75) is 0 Å². The fraction of sp³-hybridized carbons (Fsp3) is 0. The van der Waals surface area contributed by atoms with Crippen LogP contribution < -0.4 is 4.74 Å². The summed E-state index contributed by atoms with van der Waals surface area (Å²) in [6, 6.07) is 9.20. The molecule has 0 amide bonds. The molecular weight excluding hydrogens is 214 g/mol. The first-order valence-electron chi connectivity index (χ1n) is 4.57. The number of ether oxygens (including phenoxy) is 1. The van der Waals surface area contributed by atoms with Crippen LogP contribution in [0.5, 0.6) is 17.2 Å². The van der Waals surface area contributed by atoms with Gasteiger partial charge in [-0.2, -0.15) is 0 Å². The van der Waals surface area contributed by atoms with Crippen molar-refractivity contribution in [2.75, 3.05) is 0 Å². The number of rotatable bonds is 2. The zero-order valence-corrected chi connectivity index (χ0v) is 8.15. The lowest BCUT2D eigenvalue weighted by molar-refractivity contribution is 0.455. The Labute approximate surface area is 90.7 Å². The lowest BCUT2D eigenvalue weighted by Crippen LogP contribution is -1.87. The molecule has 0 radical (unpaired) electrons. The number of hydrogen-bond acceptors (Lipinski definition) is 2. The monoisotopic (exact) mass is 222 g/mol. The van der Waals surface area contributed by atoms with Crippen LogP contribution >= 0.6 is 0 Å². The summed E-state index contributed by atoms with van der Waals surface area (Å²) in [6.07, 6.45) is 0. The van der Waals surface area contributed by atoms with Crippen LogP contribution in [0.2, 0.25) is 0 Å². The Morgan fingerprint density at radius 3 is 2.06 bits per heavy atom. The molecule has 2 aromatic rings. The first-order valence-corrected chi connectivity index (χ1v) is 4.57. The van der Waals surface area contributed by atoms with E-state index < -0.39 is 11.6 Å². The lowest BCUT2D eigenvalue weighted by Gasteiger charge is -2.05. The quantitative estimate of drug-likeness (QED) is 0.843. The van der Waals surface area contributed by atoms with Crippen molar-refractivity contribution in [3.63, 3.8) is 0 Å². The van der Waals surface area contributed by atoms with E-state index in [9.17, 15) is 8.78 Å². The van der Waals surface area contributed by atoms with Gasteiger partial charge in [0.05, 0.1) is 0 Å². The fourth-order valence-electron chi connectivity index (χ4n) is 1.19. The average molecular weight is 222 g/mol. The molecular formula is C12H8F2O2. The van der Waals surface area contributed by atoms with Gasteiger partial charge in [-0.1, -0.05) is 0 Å². The molecule has 82 valence electrons. The highest BCUT2D eigenvalue weighted by Crippen LogP contribution is 2.24. The third-order valence-corrected chi connectivity index (χ3v) is 1.96. The van der Waals surface area contributed by atoms with Gasteiger partial charge in [-0.15, -0.1) is 0 Å². The first kappa shape index (κ1) is 10.4. The van der Waals surface area contributed by atoms with Gasteiger partial charge in [0.15, 0.2) is 11.6 Å². The van der Waals surface area contributed by atoms with Gasteiger partial charge in [0.25, 0.3) is 0 Å². The molecule has 0 saturated carbocycles. The third kappa shape index (κ3) is 2.28. The standard InChI is InChI=1S/C12H8F2O2/c13-11-6-5-10(7-12(11)14)16-9-3-1-8(15)2-4-9/h1-7,15H. The minimum Gasteiger partial charge on any atom is -0.508 e. The van der Waals surface area contributed by atoms with Crippen molar-refractivity contribution in [1.82, 2.24) is 0 Å². The predicted molar refractivity (Wildman–Crippen MR) is 54.5 cm³/mol. The van der Waals surface area contributed by atoms with Gasteiger partial charge in [-0.05, 0) is 36.4 Å². The molecule has 0 saturated heterocycles. The maximum atomic E-state index is 12.9. The molecule has 0 aliphatic heterocycles. The van der Waals surface area contributed by atoms with E-state index >= 15 is 0 Å². The van der Waals surface area contributed by atoms with Gasteiger partial charge in [0.2, 0.25) is 0 Å². The minimum absolute atomic E-state index is 0.109. The Kier molecular flexibility index (Phi) is 2.72. The summed E-state index contributed by atoms with van der Waals surface area (Å²) in [5.41, 5.74) is 0. The topological polar surface area (TPSA) is 29.5 Å². The largest absolute Gasteiger partial charge is 0.508 e. The molecule has 2 aromatic carbocycles. The Morgan fingerprint density at radius 1 is 0.812 bits per heavy atom. The molecule has 0 aromatic heterocycles. The Balaban J connectivity index is 2.20. The minimum atomic E-state index is -0.962. The van der Waals surface area contributed by atoms with E-state index in [-0.39, 0.29) is 11.5 Å². The number of phenols is 1. The van der Waals surface area contributed by atoms with E-state index in [0.29, 0.717) is 5.75 Å². The molecule has 16 heavy (non-hydrogen) atoms. The van der Waals surface area contributed by atoms with E-state index in [1.165, 1.54) is 30.3 Å². The van der Waals surface area contributed by atoms with Crippen molar-refractivity contribution in [3.05, 3.63) is 54.1 Å². The normalized spacial score (nSPS) is 10.1. The first-order chi connectivity index (χ1) is 7.65. The molecule has 0 bridgehead atoms. The maximum absolute atomic E-state index is 12.9. The molecule has 0 aliphatic carbocycles. The second-order valence-corrected chi connectivity index (χ2v) is 3.17. The van der Waals surface area contributed by atoms with E-state index in [2.05, 4.69) is 0 Å². The van der Waals surface area contributed by atoms with Crippen LogP contribution in [0.3, 0.4) is 0 Å². The number of halogens is 2.